The lowest BCUT2D eigenvalue weighted by atomic mass is 10.0. The molecule has 0 spiro atoms. The summed E-state index contributed by atoms with van der Waals surface area (Å²) in [5, 5.41) is 3.01. The summed E-state index contributed by atoms with van der Waals surface area (Å²) in [6.07, 6.45) is 3.39. The minimum absolute atomic E-state index is 0.144. The number of hydrogen-bond acceptors (Lipinski definition) is 4. The molecule has 34 heavy (non-hydrogen) atoms. The topological polar surface area (TPSA) is 75.7 Å². The van der Waals surface area contributed by atoms with Crippen molar-refractivity contribution in [1.29, 1.82) is 0 Å². The van der Waals surface area contributed by atoms with E-state index in [-0.39, 0.29) is 17.2 Å². The fraction of sp³-hybridized carbons (Fsp3) is 0.296. The largest absolute Gasteiger partial charge is 0.496 e. The third kappa shape index (κ3) is 5.48. The molecule has 1 amide bonds. The summed E-state index contributed by atoms with van der Waals surface area (Å²) in [6, 6.07) is 22.5. The average molecular weight is 479 g/mol. The molecule has 0 aliphatic carbocycles. The summed E-state index contributed by atoms with van der Waals surface area (Å²) >= 11 is 0. The number of anilines is 1. The van der Waals surface area contributed by atoms with Crippen molar-refractivity contribution in [2.75, 3.05) is 25.5 Å². The normalized spacial score (nSPS) is 14.5. The van der Waals surface area contributed by atoms with E-state index in [1.807, 2.05) is 54.6 Å². The van der Waals surface area contributed by atoms with Gasteiger partial charge in [0, 0.05) is 30.8 Å². The summed E-state index contributed by atoms with van der Waals surface area (Å²) in [4.78, 5) is 13.1. The number of para-hydroxylation sites is 1. The monoisotopic (exact) mass is 478 g/mol. The SMILES string of the molecule is COc1ccc(S(=O)(=O)N2CCCCC2)cc1CCC(=O)Nc1ccccc1-c1ccccc1. The molecule has 1 N–H and O–H groups in total. The van der Waals surface area contributed by atoms with Gasteiger partial charge in [-0.2, -0.15) is 4.31 Å². The van der Waals surface area contributed by atoms with Gasteiger partial charge in [-0.1, -0.05) is 55.0 Å². The van der Waals surface area contributed by atoms with Crippen molar-refractivity contribution in [3.8, 4) is 16.9 Å². The highest BCUT2D eigenvalue weighted by atomic mass is 32.2. The lowest BCUT2D eigenvalue weighted by Crippen LogP contribution is -2.35. The summed E-state index contributed by atoms with van der Waals surface area (Å²) < 4.78 is 33.2. The number of piperidine rings is 1. The van der Waals surface area contributed by atoms with Crippen molar-refractivity contribution in [2.45, 2.75) is 37.0 Å². The van der Waals surface area contributed by atoms with Gasteiger partial charge in [-0.25, -0.2) is 8.42 Å². The Hall–Kier alpha value is -3.16. The second kappa shape index (κ2) is 10.8. The van der Waals surface area contributed by atoms with Crippen LogP contribution in [0.4, 0.5) is 5.69 Å². The molecule has 178 valence electrons. The Bertz CT molecular complexity index is 1240. The number of carbonyl (C=O) groups is 1. The quantitative estimate of drug-likeness (QED) is 0.488. The average Bonchev–Trinajstić information content (AvgIpc) is 2.88. The molecule has 1 aliphatic rings. The van der Waals surface area contributed by atoms with Crippen LogP contribution in [0.3, 0.4) is 0 Å². The number of benzene rings is 3. The van der Waals surface area contributed by atoms with E-state index in [4.69, 9.17) is 4.74 Å². The van der Waals surface area contributed by atoms with E-state index >= 15 is 0 Å². The standard InChI is InChI=1S/C27H30N2O4S/c1-33-26-16-15-23(34(31,32)29-18-8-3-9-19-29)20-22(26)14-17-27(30)28-25-13-7-6-12-24(25)21-10-4-2-5-11-21/h2,4-7,10-13,15-16,20H,3,8-9,14,17-19H2,1H3,(H,28,30). The predicted molar refractivity (Wildman–Crippen MR) is 134 cm³/mol. The first kappa shape index (κ1) is 24.0. The number of sulfonamides is 1. The van der Waals surface area contributed by atoms with E-state index in [1.54, 1.807) is 29.6 Å². The summed E-state index contributed by atoms with van der Waals surface area (Å²) in [5.74, 6) is 0.435. The number of aryl methyl sites for hydroxylation is 1. The van der Waals surface area contributed by atoms with E-state index < -0.39 is 10.0 Å². The number of rotatable bonds is 8. The minimum atomic E-state index is -3.56. The molecule has 0 saturated carbocycles. The van der Waals surface area contributed by atoms with Crippen molar-refractivity contribution in [3.05, 3.63) is 78.4 Å². The zero-order valence-electron chi connectivity index (χ0n) is 19.4. The highest BCUT2D eigenvalue weighted by Gasteiger charge is 2.26. The van der Waals surface area contributed by atoms with E-state index in [9.17, 15) is 13.2 Å². The van der Waals surface area contributed by atoms with Crippen LogP contribution in [-0.2, 0) is 21.2 Å². The molecular formula is C27H30N2O4S. The molecule has 1 aliphatic heterocycles. The van der Waals surface area contributed by atoms with Crippen molar-refractivity contribution in [3.63, 3.8) is 0 Å². The maximum Gasteiger partial charge on any atom is 0.243 e. The predicted octanol–water partition coefficient (Wildman–Crippen LogP) is 5.11. The Kier molecular flexibility index (Phi) is 7.65. The molecule has 0 bridgehead atoms. The summed E-state index contributed by atoms with van der Waals surface area (Å²) in [5.41, 5.74) is 3.42. The van der Waals surface area contributed by atoms with Crippen molar-refractivity contribution in [2.24, 2.45) is 0 Å². The van der Waals surface area contributed by atoms with Crippen LogP contribution >= 0.6 is 0 Å². The van der Waals surface area contributed by atoms with Crippen LogP contribution in [0, 0.1) is 0 Å². The lowest BCUT2D eigenvalue weighted by molar-refractivity contribution is -0.116. The third-order valence-electron chi connectivity index (χ3n) is 6.11. The molecule has 3 aromatic rings. The molecular weight excluding hydrogens is 448 g/mol. The second-order valence-corrected chi connectivity index (χ2v) is 10.3. The molecule has 6 nitrogen and oxygen atoms in total. The van der Waals surface area contributed by atoms with E-state index in [2.05, 4.69) is 5.32 Å². The maximum absolute atomic E-state index is 13.1. The molecule has 7 heteroatoms. The molecule has 0 atom stereocenters. The van der Waals surface area contributed by atoms with Gasteiger partial charge in [0.2, 0.25) is 15.9 Å². The first-order chi connectivity index (χ1) is 16.5. The fourth-order valence-corrected chi connectivity index (χ4v) is 5.86. The molecule has 0 unspecified atom stereocenters. The first-order valence-corrected chi connectivity index (χ1v) is 13.0. The molecule has 1 saturated heterocycles. The van der Waals surface area contributed by atoms with Gasteiger partial charge in [-0.3, -0.25) is 4.79 Å². The van der Waals surface area contributed by atoms with Gasteiger partial charge in [0.25, 0.3) is 0 Å². The van der Waals surface area contributed by atoms with Crippen LogP contribution in [0.25, 0.3) is 11.1 Å². The maximum atomic E-state index is 13.1. The fourth-order valence-electron chi connectivity index (χ4n) is 4.29. The Balaban J connectivity index is 1.48. The second-order valence-electron chi connectivity index (χ2n) is 8.40. The zero-order valence-corrected chi connectivity index (χ0v) is 20.2. The smallest absolute Gasteiger partial charge is 0.243 e. The molecule has 0 aromatic heterocycles. The Morgan fingerprint density at radius 2 is 1.65 bits per heavy atom. The first-order valence-electron chi connectivity index (χ1n) is 11.6. The van der Waals surface area contributed by atoms with Crippen LogP contribution in [0.15, 0.2) is 77.7 Å². The van der Waals surface area contributed by atoms with Gasteiger partial charge in [0.05, 0.1) is 12.0 Å². The number of methoxy groups -OCH3 is 1. The number of nitrogens with one attached hydrogen (secondary N) is 1. The van der Waals surface area contributed by atoms with Crippen LogP contribution in [0.1, 0.15) is 31.2 Å². The number of hydrogen-bond donors (Lipinski definition) is 1. The minimum Gasteiger partial charge on any atom is -0.496 e. The van der Waals surface area contributed by atoms with Crippen LogP contribution in [-0.4, -0.2) is 38.8 Å². The van der Waals surface area contributed by atoms with E-state index in [0.29, 0.717) is 30.8 Å². The van der Waals surface area contributed by atoms with E-state index in [0.717, 1.165) is 36.1 Å². The van der Waals surface area contributed by atoms with Gasteiger partial charge in [-0.05, 0) is 54.7 Å². The van der Waals surface area contributed by atoms with Gasteiger partial charge in [0.15, 0.2) is 0 Å². The van der Waals surface area contributed by atoms with Crippen LogP contribution in [0.2, 0.25) is 0 Å². The van der Waals surface area contributed by atoms with Crippen molar-refractivity contribution >= 4 is 21.6 Å². The molecule has 1 fully saturated rings. The lowest BCUT2D eigenvalue weighted by Gasteiger charge is -2.26. The van der Waals surface area contributed by atoms with Crippen LogP contribution in [0.5, 0.6) is 5.75 Å². The number of ether oxygens (including phenoxy) is 1. The molecule has 4 rings (SSSR count). The molecule has 0 radical (unpaired) electrons. The van der Waals surface area contributed by atoms with Crippen LogP contribution < -0.4 is 10.1 Å². The molecule has 1 heterocycles. The number of amides is 1. The number of carbonyl (C=O) groups excluding carboxylic acids is 1. The third-order valence-corrected chi connectivity index (χ3v) is 8.01. The van der Waals surface area contributed by atoms with Crippen molar-refractivity contribution in [1.82, 2.24) is 4.31 Å². The highest BCUT2D eigenvalue weighted by Crippen LogP contribution is 2.29. The zero-order chi connectivity index (χ0) is 24.0. The van der Waals surface area contributed by atoms with E-state index in [1.165, 1.54) is 0 Å². The number of nitrogens with zero attached hydrogens (tertiary/aromatic N) is 1. The highest BCUT2D eigenvalue weighted by molar-refractivity contribution is 7.89. The van der Waals surface area contributed by atoms with Gasteiger partial charge < -0.3 is 10.1 Å². The Morgan fingerprint density at radius 1 is 0.941 bits per heavy atom. The van der Waals surface area contributed by atoms with Gasteiger partial charge >= 0.3 is 0 Å². The van der Waals surface area contributed by atoms with Gasteiger partial charge in [0.1, 0.15) is 5.75 Å². The Morgan fingerprint density at radius 3 is 2.38 bits per heavy atom. The summed E-state index contributed by atoms with van der Waals surface area (Å²) in [7, 11) is -2.01. The summed E-state index contributed by atoms with van der Waals surface area (Å²) in [6.45, 7) is 1.10. The molecule has 3 aromatic carbocycles. The van der Waals surface area contributed by atoms with Crippen molar-refractivity contribution < 1.29 is 17.9 Å². The van der Waals surface area contributed by atoms with Gasteiger partial charge in [-0.15, -0.1) is 0 Å². The Labute approximate surface area is 201 Å².